The first-order valence-corrected chi connectivity index (χ1v) is 5.49. The standard InChI is InChI=1S/C13H9ClFNO2/c14-9-5-10(15)7-12(6-9)16-11-3-1-8(2-4-11)13(17)18/h1-7,16H,(H,17,18). The topological polar surface area (TPSA) is 49.3 Å². The second kappa shape index (κ2) is 5.06. The summed E-state index contributed by atoms with van der Waals surface area (Å²) < 4.78 is 13.1. The van der Waals surface area contributed by atoms with Crippen LogP contribution in [0, 0.1) is 5.82 Å². The number of carboxylic acid groups (broad SMARTS) is 1. The monoisotopic (exact) mass is 265 g/mol. The van der Waals surface area contributed by atoms with Crippen molar-refractivity contribution in [2.45, 2.75) is 0 Å². The van der Waals surface area contributed by atoms with Crippen LogP contribution in [0.1, 0.15) is 10.4 Å². The Labute approximate surface area is 108 Å². The zero-order valence-electron chi connectivity index (χ0n) is 9.15. The fourth-order valence-corrected chi connectivity index (χ4v) is 1.71. The Morgan fingerprint density at radius 2 is 1.78 bits per heavy atom. The maximum absolute atomic E-state index is 13.1. The van der Waals surface area contributed by atoms with E-state index in [9.17, 15) is 9.18 Å². The molecule has 0 spiro atoms. The van der Waals surface area contributed by atoms with E-state index < -0.39 is 11.8 Å². The molecule has 0 fully saturated rings. The molecule has 0 aliphatic rings. The van der Waals surface area contributed by atoms with Crippen LogP contribution in [0.4, 0.5) is 15.8 Å². The molecule has 2 N–H and O–H groups in total. The lowest BCUT2D eigenvalue weighted by atomic mass is 10.2. The molecule has 0 aliphatic carbocycles. The van der Waals surface area contributed by atoms with Gasteiger partial charge in [-0.2, -0.15) is 0 Å². The van der Waals surface area contributed by atoms with Crippen molar-refractivity contribution in [3.05, 3.63) is 58.9 Å². The highest BCUT2D eigenvalue weighted by atomic mass is 35.5. The van der Waals surface area contributed by atoms with Crippen molar-refractivity contribution in [3.63, 3.8) is 0 Å². The summed E-state index contributed by atoms with van der Waals surface area (Å²) in [6, 6.07) is 10.2. The molecule has 0 heterocycles. The average molecular weight is 266 g/mol. The van der Waals surface area contributed by atoms with Crippen molar-refractivity contribution < 1.29 is 14.3 Å². The molecule has 92 valence electrons. The van der Waals surface area contributed by atoms with E-state index in [0.717, 1.165) is 0 Å². The number of hydrogen-bond donors (Lipinski definition) is 2. The quantitative estimate of drug-likeness (QED) is 0.884. The maximum Gasteiger partial charge on any atom is 0.335 e. The minimum atomic E-state index is -0.990. The molecular formula is C13H9ClFNO2. The maximum atomic E-state index is 13.1. The van der Waals surface area contributed by atoms with Gasteiger partial charge >= 0.3 is 5.97 Å². The van der Waals surface area contributed by atoms with Gasteiger partial charge in [-0.15, -0.1) is 0 Å². The number of benzene rings is 2. The van der Waals surface area contributed by atoms with Crippen LogP contribution in [0.3, 0.4) is 0 Å². The number of anilines is 2. The fourth-order valence-electron chi connectivity index (χ4n) is 1.49. The van der Waals surface area contributed by atoms with Crippen molar-refractivity contribution in [2.75, 3.05) is 5.32 Å². The molecule has 0 aliphatic heterocycles. The smallest absolute Gasteiger partial charge is 0.335 e. The van der Waals surface area contributed by atoms with Crippen LogP contribution >= 0.6 is 11.6 Å². The minimum Gasteiger partial charge on any atom is -0.478 e. The molecule has 0 aromatic heterocycles. The van der Waals surface area contributed by atoms with E-state index >= 15 is 0 Å². The van der Waals surface area contributed by atoms with Crippen LogP contribution in [-0.4, -0.2) is 11.1 Å². The molecule has 2 rings (SSSR count). The number of halogens is 2. The zero-order valence-corrected chi connectivity index (χ0v) is 9.91. The minimum absolute atomic E-state index is 0.192. The average Bonchev–Trinajstić information content (AvgIpc) is 2.28. The van der Waals surface area contributed by atoms with E-state index in [0.29, 0.717) is 16.4 Å². The van der Waals surface area contributed by atoms with Gasteiger partial charge in [0.25, 0.3) is 0 Å². The summed E-state index contributed by atoms with van der Waals surface area (Å²) in [5.41, 5.74) is 1.35. The third-order valence-corrected chi connectivity index (χ3v) is 2.50. The molecule has 3 nitrogen and oxygen atoms in total. The number of aromatic carboxylic acids is 1. The summed E-state index contributed by atoms with van der Waals surface area (Å²) >= 11 is 5.73. The summed E-state index contributed by atoms with van der Waals surface area (Å²) in [6.07, 6.45) is 0. The zero-order chi connectivity index (χ0) is 13.1. The van der Waals surface area contributed by atoms with Crippen molar-refractivity contribution in [1.29, 1.82) is 0 Å². The van der Waals surface area contributed by atoms with Gasteiger partial charge in [0.15, 0.2) is 0 Å². The van der Waals surface area contributed by atoms with E-state index in [1.165, 1.54) is 24.3 Å². The van der Waals surface area contributed by atoms with Gasteiger partial charge in [0.1, 0.15) is 5.82 Å². The summed E-state index contributed by atoms with van der Waals surface area (Å²) in [4.78, 5) is 10.7. The molecule has 0 bridgehead atoms. The molecule has 18 heavy (non-hydrogen) atoms. The summed E-state index contributed by atoms with van der Waals surface area (Å²) in [6.45, 7) is 0. The Balaban J connectivity index is 2.20. The Hall–Kier alpha value is -2.07. The van der Waals surface area contributed by atoms with Crippen LogP contribution in [0.25, 0.3) is 0 Å². The third-order valence-electron chi connectivity index (χ3n) is 2.28. The van der Waals surface area contributed by atoms with Crippen molar-refractivity contribution in [1.82, 2.24) is 0 Å². The molecule has 2 aromatic carbocycles. The van der Waals surface area contributed by atoms with Crippen LogP contribution in [-0.2, 0) is 0 Å². The molecule has 0 saturated carbocycles. The molecule has 0 amide bonds. The predicted octanol–water partition coefficient (Wildman–Crippen LogP) is 3.92. The van der Waals surface area contributed by atoms with Crippen LogP contribution in [0.5, 0.6) is 0 Å². The molecule has 0 saturated heterocycles. The van der Waals surface area contributed by atoms with Crippen molar-refractivity contribution >= 4 is 28.9 Å². The molecule has 0 atom stereocenters. The fraction of sp³-hybridized carbons (Fsp3) is 0. The Morgan fingerprint density at radius 3 is 2.33 bits per heavy atom. The Morgan fingerprint density at radius 1 is 1.11 bits per heavy atom. The number of carbonyl (C=O) groups is 1. The highest BCUT2D eigenvalue weighted by Gasteiger charge is 2.03. The molecular weight excluding hydrogens is 257 g/mol. The number of carboxylic acids is 1. The van der Waals surface area contributed by atoms with Crippen LogP contribution in [0.15, 0.2) is 42.5 Å². The van der Waals surface area contributed by atoms with E-state index in [4.69, 9.17) is 16.7 Å². The Kier molecular flexibility index (Phi) is 3.48. The first-order valence-electron chi connectivity index (χ1n) is 5.11. The van der Waals surface area contributed by atoms with Gasteiger partial charge in [-0.1, -0.05) is 11.6 Å². The lowest BCUT2D eigenvalue weighted by Gasteiger charge is -2.07. The number of nitrogens with one attached hydrogen (secondary N) is 1. The number of hydrogen-bond acceptors (Lipinski definition) is 2. The largest absolute Gasteiger partial charge is 0.478 e. The molecule has 5 heteroatoms. The SMILES string of the molecule is O=C(O)c1ccc(Nc2cc(F)cc(Cl)c2)cc1. The normalized spacial score (nSPS) is 10.1. The third kappa shape index (κ3) is 2.99. The molecule has 0 radical (unpaired) electrons. The number of rotatable bonds is 3. The lowest BCUT2D eigenvalue weighted by Crippen LogP contribution is -1.96. The summed E-state index contributed by atoms with van der Waals surface area (Å²) in [7, 11) is 0. The predicted molar refractivity (Wildman–Crippen MR) is 68.1 cm³/mol. The van der Waals surface area contributed by atoms with Crippen molar-refractivity contribution in [2.24, 2.45) is 0 Å². The Bertz CT molecular complexity index is 564. The molecule has 2 aromatic rings. The van der Waals surface area contributed by atoms with Gasteiger partial charge in [0.05, 0.1) is 5.56 Å². The molecule has 0 unspecified atom stereocenters. The highest BCUT2D eigenvalue weighted by Crippen LogP contribution is 2.22. The summed E-state index contributed by atoms with van der Waals surface area (Å²) in [5.74, 6) is -1.43. The van der Waals surface area contributed by atoms with E-state index in [2.05, 4.69) is 5.32 Å². The van der Waals surface area contributed by atoms with Crippen LogP contribution < -0.4 is 5.32 Å². The van der Waals surface area contributed by atoms with Gasteiger partial charge in [-0.25, -0.2) is 9.18 Å². The second-order valence-electron chi connectivity index (χ2n) is 3.67. The van der Waals surface area contributed by atoms with Gasteiger partial charge in [-0.05, 0) is 42.5 Å². The van der Waals surface area contributed by atoms with Gasteiger partial charge < -0.3 is 10.4 Å². The second-order valence-corrected chi connectivity index (χ2v) is 4.10. The van der Waals surface area contributed by atoms with Gasteiger partial charge in [0.2, 0.25) is 0 Å². The summed E-state index contributed by atoms with van der Waals surface area (Å²) in [5, 5.41) is 12.0. The first kappa shape index (κ1) is 12.4. The van der Waals surface area contributed by atoms with E-state index in [-0.39, 0.29) is 5.56 Å². The van der Waals surface area contributed by atoms with Gasteiger partial charge in [0, 0.05) is 16.4 Å². The first-order chi connectivity index (χ1) is 8.54. The van der Waals surface area contributed by atoms with Gasteiger partial charge in [-0.3, -0.25) is 0 Å². The van der Waals surface area contributed by atoms with E-state index in [1.807, 2.05) is 0 Å². The highest BCUT2D eigenvalue weighted by molar-refractivity contribution is 6.30. The lowest BCUT2D eigenvalue weighted by molar-refractivity contribution is 0.0697. The van der Waals surface area contributed by atoms with E-state index in [1.54, 1.807) is 18.2 Å². The van der Waals surface area contributed by atoms with Crippen LogP contribution in [0.2, 0.25) is 5.02 Å². The van der Waals surface area contributed by atoms with Crippen molar-refractivity contribution in [3.8, 4) is 0 Å².